The van der Waals surface area contributed by atoms with Crippen LogP contribution in [0.3, 0.4) is 0 Å². The van der Waals surface area contributed by atoms with Gasteiger partial charge in [-0.3, -0.25) is 14.9 Å². The Labute approximate surface area is 141 Å². The van der Waals surface area contributed by atoms with Crippen LogP contribution in [0.2, 0.25) is 0 Å². The molecular formula is C17H24N2O5. The van der Waals surface area contributed by atoms with E-state index in [4.69, 9.17) is 9.47 Å². The van der Waals surface area contributed by atoms with Crippen LogP contribution >= 0.6 is 0 Å². The van der Waals surface area contributed by atoms with Crippen LogP contribution in [0.15, 0.2) is 18.2 Å². The Morgan fingerprint density at radius 3 is 2.83 bits per heavy atom. The zero-order valence-electron chi connectivity index (χ0n) is 14.2. The second-order valence-corrected chi connectivity index (χ2v) is 5.88. The molecule has 1 aromatic rings. The van der Waals surface area contributed by atoms with Crippen LogP contribution < -0.4 is 4.74 Å². The normalized spacial score (nSPS) is 17.3. The van der Waals surface area contributed by atoms with Gasteiger partial charge >= 0.3 is 5.69 Å². The molecule has 1 fully saturated rings. The summed E-state index contributed by atoms with van der Waals surface area (Å²) in [6, 6.07) is 4.32. The van der Waals surface area contributed by atoms with Gasteiger partial charge in [-0.05, 0) is 37.8 Å². The van der Waals surface area contributed by atoms with Gasteiger partial charge in [0.25, 0.3) is 5.91 Å². The lowest BCUT2D eigenvalue weighted by molar-refractivity contribution is -0.385. The summed E-state index contributed by atoms with van der Waals surface area (Å²) < 4.78 is 10.7. The SMILES string of the molecule is CCCN(C[C@@H]1CCCCO1)C(=O)c1ccc(OC)c([N+](=O)[O-])c1. The number of amides is 1. The third-order valence-electron chi connectivity index (χ3n) is 4.10. The van der Waals surface area contributed by atoms with Crippen molar-refractivity contribution < 1.29 is 19.2 Å². The van der Waals surface area contributed by atoms with Gasteiger partial charge in [-0.2, -0.15) is 0 Å². The van der Waals surface area contributed by atoms with E-state index in [0.717, 1.165) is 32.3 Å². The molecular weight excluding hydrogens is 312 g/mol. The number of nitro benzene ring substituents is 1. The van der Waals surface area contributed by atoms with Crippen LogP contribution in [0.25, 0.3) is 0 Å². The highest BCUT2D eigenvalue weighted by atomic mass is 16.6. The maximum absolute atomic E-state index is 12.8. The summed E-state index contributed by atoms with van der Waals surface area (Å²) in [7, 11) is 1.37. The molecule has 2 rings (SSSR count). The smallest absolute Gasteiger partial charge is 0.311 e. The summed E-state index contributed by atoms with van der Waals surface area (Å²) in [6.07, 6.45) is 3.96. The summed E-state index contributed by atoms with van der Waals surface area (Å²) in [5.41, 5.74) is 0.0977. The molecule has 132 valence electrons. The van der Waals surface area contributed by atoms with E-state index >= 15 is 0 Å². The monoisotopic (exact) mass is 336 g/mol. The van der Waals surface area contributed by atoms with Gasteiger partial charge in [-0.25, -0.2) is 0 Å². The molecule has 0 N–H and O–H groups in total. The molecule has 0 spiro atoms. The van der Waals surface area contributed by atoms with Crippen molar-refractivity contribution in [2.45, 2.75) is 38.7 Å². The Bertz CT molecular complexity index is 584. The van der Waals surface area contributed by atoms with Gasteiger partial charge in [0.1, 0.15) is 0 Å². The second-order valence-electron chi connectivity index (χ2n) is 5.88. The third kappa shape index (κ3) is 4.44. The Morgan fingerprint density at radius 2 is 2.25 bits per heavy atom. The fourth-order valence-electron chi connectivity index (χ4n) is 2.89. The third-order valence-corrected chi connectivity index (χ3v) is 4.10. The van der Waals surface area contributed by atoms with Gasteiger partial charge in [0, 0.05) is 31.3 Å². The molecule has 7 heteroatoms. The number of rotatable bonds is 7. The van der Waals surface area contributed by atoms with Crippen molar-refractivity contribution in [1.29, 1.82) is 0 Å². The van der Waals surface area contributed by atoms with Crippen LogP contribution in [0.5, 0.6) is 5.75 Å². The number of carbonyl (C=O) groups excluding carboxylic acids is 1. The molecule has 0 bridgehead atoms. The number of methoxy groups -OCH3 is 1. The first-order valence-corrected chi connectivity index (χ1v) is 8.30. The van der Waals surface area contributed by atoms with E-state index in [9.17, 15) is 14.9 Å². The van der Waals surface area contributed by atoms with Crippen molar-refractivity contribution in [2.24, 2.45) is 0 Å². The Morgan fingerprint density at radius 1 is 1.46 bits per heavy atom. The van der Waals surface area contributed by atoms with E-state index in [1.54, 1.807) is 11.0 Å². The lowest BCUT2D eigenvalue weighted by Crippen LogP contribution is -2.40. The number of nitrogens with zero attached hydrogens (tertiary/aromatic N) is 2. The molecule has 1 heterocycles. The number of hydrogen-bond acceptors (Lipinski definition) is 5. The number of nitro groups is 1. The molecule has 0 saturated carbocycles. The molecule has 1 saturated heterocycles. The topological polar surface area (TPSA) is 81.9 Å². The van der Waals surface area contributed by atoms with Crippen molar-refractivity contribution in [3.8, 4) is 5.75 Å². The van der Waals surface area contributed by atoms with E-state index in [2.05, 4.69) is 0 Å². The van der Waals surface area contributed by atoms with Gasteiger partial charge in [0.2, 0.25) is 0 Å². The van der Waals surface area contributed by atoms with Crippen molar-refractivity contribution in [3.05, 3.63) is 33.9 Å². The quantitative estimate of drug-likeness (QED) is 0.564. The number of benzene rings is 1. The van der Waals surface area contributed by atoms with Crippen molar-refractivity contribution >= 4 is 11.6 Å². The summed E-state index contributed by atoms with van der Waals surface area (Å²) in [6.45, 7) is 3.84. The van der Waals surface area contributed by atoms with E-state index in [0.29, 0.717) is 18.7 Å². The summed E-state index contributed by atoms with van der Waals surface area (Å²) in [5, 5.41) is 11.1. The van der Waals surface area contributed by atoms with Crippen LogP contribution in [-0.4, -0.2) is 48.6 Å². The summed E-state index contributed by atoms with van der Waals surface area (Å²) in [5.74, 6) is -0.0639. The lowest BCUT2D eigenvalue weighted by Gasteiger charge is -2.30. The molecule has 24 heavy (non-hydrogen) atoms. The standard InChI is InChI=1S/C17H24N2O5/c1-3-9-18(12-14-6-4-5-10-24-14)17(20)13-7-8-16(23-2)15(11-13)19(21)22/h7-8,11,14H,3-6,9-10,12H2,1-2H3/t14-/m0/s1. The molecule has 0 radical (unpaired) electrons. The number of hydrogen-bond donors (Lipinski definition) is 0. The van der Waals surface area contributed by atoms with Crippen molar-refractivity contribution in [1.82, 2.24) is 4.90 Å². The van der Waals surface area contributed by atoms with E-state index in [-0.39, 0.29) is 23.4 Å². The molecule has 0 aliphatic carbocycles. The highest BCUT2D eigenvalue weighted by Gasteiger charge is 2.24. The van der Waals surface area contributed by atoms with Crippen molar-refractivity contribution in [3.63, 3.8) is 0 Å². The van der Waals surface area contributed by atoms with Crippen LogP contribution in [0.1, 0.15) is 43.0 Å². The Hall–Kier alpha value is -2.15. The summed E-state index contributed by atoms with van der Waals surface area (Å²) in [4.78, 5) is 25.1. The number of carbonyl (C=O) groups is 1. The maximum atomic E-state index is 12.8. The van der Waals surface area contributed by atoms with E-state index in [1.165, 1.54) is 19.2 Å². The highest BCUT2D eigenvalue weighted by Crippen LogP contribution is 2.28. The van der Waals surface area contributed by atoms with Crippen LogP contribution in [0, 0.1) is 10.1 Å². The first-order valence-electron chi connectivity index (χ1n) is 8.30. The fourth-order valence-corrected chi connectivity index (χ4v) is 2.89. The second kappa shape index (κ2) is 8.63. The fraction of sp³-hybridized carbons (Fsp3) is 0.588. The molecule has 1 aliphatic heterocycles. The minimum absolute atomic E-state index is 0.0440. The van der Waals surface area contributed by atoms with Crippen LogP contribution in [0.4, 0.5) is 5.69 Å². The van der Waals surface area contributed by atoms with Gasteiger partial charge < -0.3 is 14.4 Å². The molecule has 0 unspecified atom stereocenters. The predicted molar refractivity (Wildman–Crippen MR) is 89.4 cm³/mol. The maximum Gasteiger partial charge on any atom is 0.311 e. The van der Waals surface area contributed by atoms with Gasteiger partial charge in [-0.1, -0.05) is 6.92 Å². The molecule has 1 aromatic carbocycles. The zero-order chi connectivity index (χ0) is 17.5. The Balaban J connectivity index is 2.19. The summed E-state index contributed by atoms with van der Waals surface area (Å²) >= 11 is 0. The van der Waals surface area contributed by atoms with Crippen LogP contribution in [-0.2, 0) is 4.74 Å². The minimum Gasteiger partial charge on any atom is -0.490 e. The van der Waals surface area contributed by atoms with Gasteiger partial charge in [-0.15, -0.1) is 0 Å². The van der Waals surface area contributed by atoms with Crippen molar-refractivity contribution in [2.75, 3.05) is 26.8 Å². The average molecular weight is 336 g/mol. The lowest BCUT2D eigenvalue weighted by atomic mass is 10.1. The van der Waals surface area contributed by atoms with E-state index < -0.39 is 4.92 Å². The van der Waals surface area contributed by atoms with Gasteiger partial charge in [0.05, 0.1) is 18.1 Å². The first kappa shape index (κ1) is 18.2. The predicted octanol–water partition coefficient (Wildman–Crippen LogP) is 3.02. The van der Waals surface area contributed by atoms with Gasteiger partial charge in [0.15, 0.2) is 5.75 Å². The molecule has 1 aliphatic rings. The number of ether oxygens (including phenoxy) is 2. The molecule has 1 atom stereocenters. The molecule has 7 nitrogen and oxygen atoms in total. The Kier molecular flexibility index (Phi) is 6.54. The molecule has 1 amide bonds. The highest BCUT2D eigenvalue weighted by molar-refractivity contribution is 5.95. The van der Waals surface area contributed by atoms with E-state index in [1.807, 2.05) is 6.92 Å². The zero-order valence-corrected chi connectivity index (χ0v) is 14.2. The largest absolute Gasteiger partial charge is 0.490 e. The minimum atomic E-state index is -0.538. The first-order chi connectivity index (χ1) is 11.6. The molecule has 0 aromatic heterocycles. The average Bonchev–Trinajstić information content (AvgIpc) is 2.61.